The molecule has 1 aliphatic heterocycles. The number of amides is 2. The average Bonchev–Trinajstić information content (AvgIpc) is 2.75. The van der Waals surface area contributed by atoms with Crippen molar-refractivity contribution < 1.29 is 19.2 Å². The zero-order valence-corrected chi connectivity index (χ0v) is 11.5. The normalized spacial score (nSPS) is 13.2. The minimum atomic E-state index is -0.963. The molecule has 1 aromatic carbocycles. The Bertz CT molecular complexity index is 833. The Hall–Kier alpha value is -3.22. The van der Waals surface area contributed by atoms with E-state index in [1.807, 2.05) is 0 Å². The summed E-state index contributed by atoms with van der Waals surface area (Å²) in [5.41, 5.74) is -0.134. The van der Waals surface area contributed by atoms with Crippen LogP contribution in [-0.4, -0.2) is 27.4 Å². The van der Waals surface area contributed by atoms with Crippen molar-refractivity contribution in [2.24, 2.45) is 7.05 Å². The minimum absolute atomic E-state index is 0.0657. The Morgan fingerprint density at radius 1 is 0.909 bits per heavy atom. The van der Waals surface area contributed by atoms with Crippen molar-refractivity contribution in [2.75, 3.05) is 0 Å². The largest absolute Gasteiger partial charge is 0.380 e. The van der Waals surface area contributed by atoms with Crippen LogP contribution in [0.4, 0.5) is 0 Å². The predicted octanol–water partition coefficient (Wildman–Crippen LogP) is 0.753. The molecule has 2 heterocycles. The molecule has 0 fully saturated rings. The number of carbonyl (C=O) groups is 3. The Morgan fingerprint density at radius 2 is 1.50 bits per heavy atom. The highest BCUT2D eigenvalue weighted by molar-refractivity contribution is 6.21. The van der Waals surface area contributed by atoms with Gasteiger partial charge in [-0.15, -0.1) is 0 Å². The van der Waals surface area contributed by atoms with Gasteiger partial charge in [-0.25, -0.2) is 4.79 Å². The van der Waals surface area contributed by atoms with Gasteiger partial charge >= 0.3 is 5.97 Å². The monoisotopic (exact) mass is 298 g/mol. The number of fused-ring (bicyclic) bond motifs is 1. The van der Waals surface area contributed by atoms with Gasteiger partial charge in [0.05, 0.1) is 11.1 Å². The molecule has 0 spiro atoms. The van der Waals surface area contributed by atoms with E-state index < -0.39 is 23.3 Å². The van der Waals surface area contributed by atoms with Gasteiger partial charge in [0.25, 0.3) is 17.4 Å². The summed E-state index contributed by atoms with van der Waals surface area (Å²) in [6.07, 6.45) is 0. The fraction of sp³-hybridized carbons (Fsp3) is 0.0667. The van der Waals surface area contributed by atoms with Crippen LogP contribution in [0.15, 0.2) is 47.3 Å². The summed E-state index contributed by atoms with van der Waals surface area (Å²) in [5, 5.41) is 0.407. The third-order valence-corrected chi connectivity index (χ3v) is 3.32. The number of imide groups is 1. The topological polar surface area (TPSA) is 85.7 Å². The van der Waals surface area contributed by atoms with E-state index in [9.17, 15) is 19.2 Å². The number of pyridine rings is 1. The van der Waals surface area contributed by atoms with Crippen LogP contribution in [-0.2, 0) is 11.9 Å². The van der Waals surface area contributed by atoms with Gasteiger partial charge in [0.15, 0.2) is 0 Å². The van der Waals surface area contributed by atoms with Gasteiger partial charge in [0.1, 0.15) is 5.69 Å². The first-order valence-corrected chi connectivity index (χ1v) is 6.37. The first-order valence-electron chi connectivity index (χ1n) is 6.37. The zero-order chi connectivity index (χ0) is 15.9. The van der Waals surface area contributed by atoms with Crippen molar-refractivity contribution in [3.63, 3.8) is 0 Å². The van der Waals surface area contributed by atoms with E-state index in [1.54, 1.807) is 12.1 Å². The number of hydroxylamine groups is 2. The second kappa shape index (κ2) is 4.96. The highest BCUT2D eigenvalue weighted by atomic mass is 16.7. The molecule has 0 atom stereocenters. The van der Waals surface area contributed by atoms with Gasteiger partial charge in [-0.2, -0.15) is 0 Å². The molecular formula is C15H10N2O5. The van der Waals surface area contributed by atoms with E-state index in [1.165, 1.54) is 37.4 Å². The van der Waals surface area contributed by atoms with Crippen LogP contribution in [0.3, 0.4) is 0 Å². The molecule has 3 rings (SSSR count). The molecule has 0 saturated heterocycles. The van der Waals surface area contributed by atoms with Crippen LogP contribution < -0.4 is 5.56 Å². The molecule has 1 aliphatic rings. The van der Waals surface area contributed by atoms with E-state index in [2.05, 4.69) is 0 Å². The summed E-state index contributed by atoms with van der Waals surface area (Å²) < 4.78 is 1.07. The lowest BCUT2D eigenvalue weighted by molar-refractivity contribution is -0.0591. The van der Waals surface area contributed by atoms with E-state index in [-0.39, 0.29) is 16.8 Å². The van der Waals surface area contributed by atoms with Crippen LogP contribution in [0.5, 0.6) is 0 Å². The van der Waals surface area contributed by atoms with Crippen molar-refractivity contribution in [3.05, 3.63) is 69.6 Å². The first kappa shape index (κ1) is 13.7. The number of aromatic nitrogens is 1. The quantitative estimate of drug-likeness (QED) is 0.764. The molecular weight excluding hydrogens is 288 g/mol. The lowest BCUT2D eigenvalue weighted by Crippen LogP contribution is -2.34. The Kier molecular flexibility index (Phi) is 3.10. The van der Waals surface area contributed by atoms with Gasteiger partial charge in [0.2, 0.25) is 0 Å². The Morgan fingerprint density at radius 3 is 2.09 bits per heavy atom. The molecule has 0 radical (unpaired) electrons. The molecule has 0 saturated carbocycles. The number of hydrogen-bond donors (Lipinski definition) is 0. The van der Waals surface area contributed by atoms with E-state index in [0.29, 0.717) is 5.06 Å². The van der Waals surface area contributed by atoms with Gasteiger partial charge < -0.3 is 9.40 Å². The molecule has 0 bridgehead atoms. The van der Waals surface area contributed by atoms with Crippen LogP contribution in [0, 0.1) is 0 Å². The third kappa shape index (κ3) is 1.99. The summed E-state index contributed by atoms with van der Waals surface area (Å²) in [6.45, 7) is 0. The van der Waals surface area contributed by atoms with Crippen molar-refractivity contribution in [1.29, 1.82) is 0 Å². The molecule has 2 aromatic rings. The minimum Gasteiger partial charge on any atom is -0.323 e. The van der Waals surface area contributed by atoms with Gasteiger partial charge in [-0.05, 0) is 18.2 Å². The van der Waals surface area contributed by atoms with Gasteiger partial charge in [-0.1, -0.05) is 23.3 Å². The van der Waals surface area contributed by atoms with E-state index >= 15 is 0 Å². The molecule has 0 aliphatic carbocycles. The molecule has 0 N–H and O–H groups in total. The van der Waals surface area contributed by atoms with Gasteiger partial charge in [-0.3, -0.25) is 14.4 Å². The van der Waals surface area contributed by atoms with E-state index in [0.717, 1.165) is 4.57 Å². The van der Waals surface area contributed by atoms with Crippen molar-refractivity contribution >= 4 is 17.8 Å². The standard InChI is InChI=1S/C15H10N2O5/c1-16-11(7-4-8-12(16)18)15(21)22-17-13(19)9-5-2-3-6-10(9)14(17)20/h2-8H,1H3. The second-order valence-corrected chi connectivity index (χ2v) is 4.64. The molecule has 22 heavy (non-hydrogen) atoms. The third-order valence-electron chi connectivity index (χ3n) is 3.32. The molecule has 7 heteroatoms. The lowest BCUT2D eigenvalue weighted by atomic mass is 10.1. The number of nitrogens with zero attached hydrogens (tertiary/aromatic N) is 2. The zero-order valence-electron chi connectivity index (χ0n) is 11.5. The Balaban J connectivity index is 1.90. The van der Waals surface area contributed by atoms with Crippen molar-refractivity contribution in [2.45, 2.75) is 0 Å². The summed E-state index contributed by atoms with van der Waals surface area (Å²) in [6, 6.07) is 10.2. The summed E-state index contributed by atoms with van der Waals surface area (Å²) in [5.74, 6) is -2.39. The highest BCUT2D eigenvalue weighted by Crippen LogP contribution is 2.23. The van der Waals surface area contributed by atoms with Crippen LogP contribution in [0.1, 0.15) is 31.2 Å². The predicted molar refractivity (Wildman–Crippen MR) is 74.0 cm³/mol. The van der Waals surface area contributed by atoms with E-state index in [4.69, 9.17) is 4.84 Å². The molecule has 0 unspecified atom stereocenters. The molecule has 7 nitrogen and oxygen atoms in total. The summed E-state index contributed by atoms with van der Waals surface area (Å²) in [7, 11) is 1.39. The maximum atomic E-state index is 12.1. The number of carbonyl (C=O) groups excluding carboxylic acids is 3. The smallest absolute Gasteiger partial charge is 0.323 e. The number of rotatable bonds is 2. The summed E-state index contributed by atoms with van der Waals surface area (Å²) >= 11 is 0. The Labute approximate surface area is 124 Å². The number of benzene rings is 1. The van der Waals surface area contributed by atoms with Crippen LogP contribution >= 0.6 is 0 Å². The second-order valence-electron chi connectivity index (χ2n) is 4.64. The highest BCUT2D eigenvalue weighted by Gasteiger charge is 2.39. The maximum Gasteiger partial charge on any atom is 0.380 e. The lowest BCUT2D eigenvalue weighted by Gasteiger charge is -2.13. The van der Waals surface area contributed by atoms with Crippen LogP contribution in [0.25, 0.3) is 0 Å². The number of hydrogen-bond acceptors (Lipinski definition) is 5. The fourth-order valence-electron chi connectivity index (χ4n) is 2.15. The fourth-order valence-corrected chi connectivity index (χ4v) is 2.15. The summed E-state index contributed by atoms with van der Waals surface area (Å²) in [4.78, 5) is 52.6. The molecule has 110 valence electrons. The first-order chi connectivity index (χ1) is 10.5. The van der Waals surface area contributed by atoms with Gasteiger partial charge in [0, 0.05) is 13.1 Å². The average molecular weight is 298 g/mol. The SMILES string of the molecule is Cn1c(C(=O)ON2C(=O)c3ccccc3C2=O)cccc1=O. The molecule has 2 amide bonds. The van der Waals surface area contributed by atoms with Crippen LogP contribution in [0.2, 0.25) is 0 Å². The molecule has 1 aromatic heterocycles. The van der Waals surface area contributed by atoms with Crippen molar-refractivity contribution in [1.82, 2.24) is 9.63 Å². The maximum absolute atomic E-state index is 12.1. The van der Waals surface area contributed by atoms with Crippen molar-refractivity contribution in [3.8, 4) is 0 Å².